The number of hydrogen-bond donors (Lipinski definition) is 8. The Hall–Kier alpha value is -3.71. The minimum absolute atomic E-state index is 0.00421. The predicted molar refractivity (Wildman–Crippen MR) is 124 cm³/mol. The van der Waals surface area contributed by atoms with Gasteiger partial charge in [0.2, 0.25) is 17.7 Å². The van der Waals surface area contributed by atoms with Gasteiger partial charge in [0.25, 0.3) is 0 Å². The lowest BCUT2D eigenvalue weighted by molar-refractivity contribution is -0.139. The Labute approximate surface area is 202 Å². The Bertz CT molecular complexity index is 877. The van der Waals surface area contributed by atoms with Gasteiger partial charge in [0.05, 0.1) is 6.04 Å². The number of carboxylic acid groups (broad SMARTS) is 2. The first-order valence-electron chi connectivity index (χ1n) is 11.1. The van der Waals surface area contributed by atoms with Crippen molar-refractivity contribution < 1.29 is 39.3 Å². The lowest BCUT2D eigenvalue weighted by atomic mass is 10.0. The first kappa shape index (κ1) is 29.3. The van der Waals surface area contributed by atoms with Crippen molar-refractivity contribution >= 4 is 29.7 Å². The highest BCUT2D eigenvalue weighted by Gasteiger charge is 2.28. The predicted octanol–water partition coefficient (Wildman–Crippen LogP) is -1.57. The molecule has 1 aromatic rings. The van der Waals surface area contributed by atoms with Crippen molar-refractivity contribution in [1.29, 1.82) is 0 Å². The average molecular weight is 496 g/mol. The fourth-order valence-electron chi connectivity index (χ4n) is 3.09. The fourth-order valence-corrected chi connectivity index (χ4v) is 3.09. The van der Waals surface area contributed by atoms with Gasteiger partial charge in [-0.3, -0.25) is 24.0 Å². The maximum atomic E-state index is 13.1. The maximum Gasteiger partial charge on any atom is 0.322 e. The van der Waals surface area contributed by atoms with E-state index in [4.69, 9.17) is 21.7 Å². The number of nitrogens with two attached hydrogens (primary N) is 2. The second kappa shape index (κ2) is 15.2. The third-order valence-corrected chi connectivity index (χ3v) is 5.01. The van der Waals surface area contributed by atoms with Crippen LogP contribution in [0.1, 0.15) is 37.7 Å². The van der Waals surface area contributed by atoms with Crippen LogP contribution in [-0.4, -0.2) is 76.2 Å². The Balaban J connectivity index is 3.02. The molecule has 10 N–H and O–H groups in total. The van der Waals surface area contributed by atoms with E-state index in [1.165, 1.54) is 12.1 Å². The molecular formula is C22H33N5O8. The second-order valence-electron chi connectivity index (χ2n) is 7.93. The van der Waals surface area contributed by atoms with Gasteiger partial charge >= 0.3 is 11.9 Å². The van der Waals surface area contributed by atoms with Crippen molar-refractivity contribution in [3.8, 4) is 5.75 Å². The lowest BCUT2D eigenvalue weighted by Gasteiger charge is -2.24. The summed E-state index contributed by atoms with van der Waals surface area (Å²) < 4.78 is 0. The van der Waals surface area contributed by atoms with Gasteiger partial charge in [-0.15, -0.1) is 0 Å². The van der Waals surface area contributed by atoms with Crippen LogP contribution in [0.3, 0.4) is 0 Å². The molecule has 1 rings (SSSR count). The van der Waals surface area contributed by atoms with Gasteiger partial charge in [-0.05, 0) is 49.9 Å². The summed E-state index contributed by atoms with van der Waals surface area (Å²) in [4.78, 5) is 59.6. The van der Waals surface area contributed by atoms with Crippen LogP contribution in [0.4, 0.5) is 0 Å². The fraction of sp³-hybridized carbons (Fsp3) is 0.500. The number of benzene rings is 1. The normalized spacial score (nSPS) is 13.2. The maximum absolute atomic E-state index is 13.1. The molecule has 13 nitrogen and oxygen atoms in total. The monoisotopic (exact) mass is 495 g/mol. The molecule has 0 aliphatic carbocycles. The molecule has 194 valence electrons. The topological polar surface area (TPSA) is 234 Å². The first-order valence-corrected chi connectivity index (χ1v) is 11.1. The summed E-state index contributed by atoms with van der Waals surface area (Å²) in [5, 5.41) is 34.3. The second-order valence-corrected chi connectivity index (χ2v) is 7.93. The number of carbonyl (C=O) groups is 5. The zero-order chi connectivity index (χ0) is 26.4. The van der Waals surface area contributed by atoms with Crippen LogP contribution in [0, 0.1) is 0 Å². The molecule has 35 heavy (non-hydrogen) atoms. The van der Waals surface area contributed by atoms with Crippen LogP contribution < -0.4 is 27.4 Å². The van der Waals surface area contributed by atoms with Crippen molar-refractivity contribution in [3.05, 3.63) is 29.8 Å². The van der Waals surface area contributed by atoms with Crippen LogP contribution in [0.5, 0.6) is 5.75 Å². The first-order chi connectivity index (χ1) is 16.5. The summed E-state index contributed by atoms with van der Waals surface area (Å²) in [7, 11) is 0. The summed E-state index contributed by atoms with van der Waals surface area (Å²) in [6.07, 6.45) is 0.744. The highest BCUT2D eigenvalue weighted by molar-refractivity contribution is 5.93. The lowest BCUT2D eigenvalue weighted by Crippen LogP contribution is -2.56. The average Bonchev–Trinajstić information content (AvgIpc) is 2.81. The zero-order valence-corrected chi connectivity index (χ0v) is 19.2. The summed E-state index contributed by atoms with van der Waals surface area (Å²) in [5.41, 5.74) is 11.8. The Kier molecular flexibility index (Phi) is 12.8. The molecular weight excluding hydrogens is 462 g/mol. The van der Waals surface area contributed by atoms with Gasteiger partial charge < -0.3 is 42.7 Å². The Morgan fingerprint density at radius 3 is 2.03 bits per heavy atom. The van der Waals surface area contributed by atoms with Crippen molar-refractivity contribution in [3.63, 3.8) is 0 Å². The number of phenolic OH excluding ortho intramolecular Hbond substituents is 1. The Morgan fingerprint density at radius 1 is 0.829 bits per heavy atom. The number of nitrogens with one attached hydrogen (secondary N) is 3. The zero-order valence-electron chi connectivity index (χ0n) is 19.2. The number of aliphatic carboxylic acids is 2. The van der Waals surface area contributed by atoms with E-state index in [2.05, 4.69) is 16.0 Å². The van der Waals surface area contributed by atoms with Crippen molar-refractivity contribution in [1.82, 2.24) is 16.0 Å². The van der Waals surface area contributed by atoms with E-state index in [0.717, 1.165) is 0 Å². The highest BCUT2D eigenvalue weighted by Crippen LogP contribution is 2.12. The number of unbranched alkanes of at least 4 members (excludes halogenated alkanes) is 1. The minimum atomic E-state index is -1.25. The largest absolute Gasteiger partial charge is 0.508 e. The molecule has 13 heteroatoms. The molecule has 0 spiro atoms. The molecule has 0 saturated carbocycles. The van der Waals surface area contributed by atoms with Crippen molar-refractivity contribution in [2.45, 2.75) is 56.7 Å². The molecule has 0 aliphatic heterocycles. The van der Waals surface area contributed by atoms with Gasteiger partial charge in [0, 0.05) is 12.8 Å². The van der Waals surface area contributed by atoms with E-state index in [-0.39, 0.29) is 31.4 Å². The third-order valence-electron chi connectivity index (χ3n) is 5.01. The number of phenols is 1. The molecule has 3 atom stereocenters. The number of rotatable bonds is 16. The van der Waals surface area contributed by atoms with E-state index in [1.807, 2.05) is 0 Å². The van der Waals surface area contributed by atoms with E-state index in [1.54, 1.807) is 12.1 Å². The van der Waals surface area contributed by atoms with Crippen LogP contribution in [0.2, 0.25) is 0 Å². The third kappa shape index (κ3) is 11.8. The van der Waals surface area contributed by atoms with Gasteiger partial charge in [0.1, 0.15) is 24.4 Å². The van der Waals surface area contributed by atoms with Gasteiger partial charge in [-0.1, -0.05) is 12.1 Å². The molecule has 0 saturated heterocycles. The molecule has 0 aliphatic rings. The van der Waals surface area contributed by atoms with Crippen molar-refractivity contribution in [2.75, 3.05) is 13.1 Å². The number of hydrogen-bond acceptors (Lipinski definition) is 8. The molecule has 0 bridgehead atoms. The van der Waals surface area contributed by atoms with E-state index >= 15 is 0 Å². The molecule has 0 fully saturated rings. The van der Waals surface area contributed by atoms with Crippen LogP contribution >= 0.6 is 0 Å². The number of amides is 3. The van der Waals surface area contributed by atoms with Crippen LogP contribution in [0.15, 0.2) is 24.3 Å². The van der Waals surface area contributed by atoms with E-state index in [0.29, 0.717) is 24.9 Å². The Morgan fingerprint density at radius 2 is 1.46 bits per heavy atom. The molecule has 3 amide bonds. The van der Waals surface area contributed by atoms with Crippen LogP contribution in [0.25, 0.3) is 0 Å². The van der Waals surface area contributed by atoms with Gasteiger partial charge in [-0.2, -0.15) is 0 Å². The summed E-state index contributed by atoms with van der Waals surface area (Å²) in [6, 6.07) is 2.45. The molecule has 0 aromatic heterocycles. The quantitative estimate of drug-likeness (QED) is 0.123. The molecule has 0 heterocycles. The summed E-state index contributed by atoms with van der Waals surface area (Å²) >= 11 is 0. The summed E-state index contributed by atoms with van der Waals surface area (Å²) in [6.45, 7) is -0.265. The smallest absolute Gasteiger partial charge is 0.322 e. The van der Waals surface area contributed by atoms with Gasteiger partial charge in [-0.25, -0.2) is 0 Å². The SMILES string of the molecule is NCCCCC(NC(=O)C(Cc1ccc(O)cc1)NC(=O)C(N)CCC(=O)O)C(=O)NCC(=O)O. The molecule has 1 aromatic carbocycles. The standard InChI is InChI=1S/C22H33N5O8/c23-10-2-1-3-16(21(34)25-12-19(31)32)26-22(35)17(11-13-4-6-14(28)7-5-13)27-20(33)15(24)8-9-18(29)30/h4-7,15-17,28H,1-3,8-12,23-24H2,(H,25,34)(H,26,35)(H,27,33)(H,29,30)(H,31,32). The number of aromatic hydroxyl groups is 1. The van der Waals surface area contributed by atoms with Crippen molar-refractivity contribution in [2.24, 2.45) is 11.5 Å². The van der Waals surface area contributed by atoms with Gasteiger partial charge in [0.15, 0.2) is 0 Å². The molecule has 0 radical (unpaired) electrons. The molecule has 3 unspecified atom stereocenters. The summed E-state index contributed by atoms with van der Waals surface area (Å²) in [5.74, 6) is -4.55. The number of carbonyl (C=O) groups excluding carboxylic acids is 3. The van der Waals surface area contributed by atoms with E-state index < -0.39 is 54.3 Å². The van der Waals surface area contributed by atoms with Crippen LogP contribution in [-0.2, 0) is 30.4 Å². The minimum Gasteiger partial charge on any atom is -0.508 e. The highest BCUT2D eigenvalue weighted by atomic mass is 16.4. The number of carboxylic acids is 2. The van der Waals surface area contributed by atoms with E-state index in [9.17, 15) is 29.1 Å².